The van der Waals surface area contributed by atoms with E-state index in [1.54, 1.807) is 0 Å². The van der Waals surface area contributed by atoms with Crippen LogP contribution in [0.3, 0.4) is 0 Å². The Kier molecular flexibility index (Phi) is 3.82. The summed E-state index contributed by atoms with van der Waals surface area (Å²) in [6.45, 7) is 0.113. The molecule has 1 N–H and O–H groups in total. The molecule has 0 saturated heterocycles. The van der Waals surface area contributed by atoms with Crippen LogP contribution in [0.4, 0.5) is 0 Å². The molecule has 36 valence electrons. The zero-order chi connectivity index (χ0) is 4.99. The van der Waals surface area contributed by atoms with Crippen LogP contribution in [0.1, 0.15) is 6.42 Å². The van der Waals surface area contributed by atoms with E-state index >= 15 is 0 Å². The maximum atomic E-state index is 8.10. The standard InChI is InChI=1S/C3H6OS2/c4-2-1-3(5)6/h4H,1-2H2,(H,5,6). The monoisotopic (exact) mass is 122 g/mol. The minimum absolute atomic E-state index is 0.113. The SMILES string of the molecule is OCCC(=S)S. The fraction of sp³-hybridized carbons (Fsp3) is 0.667. The Bertz CT molecular complexity index is 52.8. The molecule has 0 atom stereocenters. The Morgan fingerprint density at radius 2 is 2.33 bits per heavy atom. The minimum atomic E-state index is 0.113. The van der Waals surface area contributed by atoms with Crippen molar-refractivity contribution in [2.45, 2.75) is 6.42 Å². The van der Waals surface area contributed by atoms with Crippen molar-refractivity contribution in [3.8, 4) is 0 Å². The fourth-order valence-electron chi connectivity index (χ4n) is 0.0956. The van der Waals surface area contributed by atoms with Gasteiger partial charge in [-0.1, -0.05) is 12.2 Å². The number of aliphatic hydroxyl groups excluding tert-OH is 1. The highest BCUT2D eigenvalue weighted by Crippen LogP contribution is 1.87. The van der Waals surface area contributed by atoms with Gasteiger partial charge in [0.05, 0.1) is 0 Å². The van der Waals surface area contributed by atoms with E-state index in [1.807, 2.05) is 0 Å². The molecule has 0 unspecified atom stereocenters. The third kappa shape index (κ3) is 4.40. The van der Waals surface area contributed by atoms with Gasteiger partial charge in [0, 0.05) is 17.2 Å². The zero-order valence-electron chi connectivity index (χ0n) is 3.22. The van der Waals surface area contributed by atoms with Gasteiger partial charge in [-0.05, 0) is 0 Å². The maximum absolute atomic E-state index is 8.10. The number of rotatable bonds is 2. The molecule has 0 aromatic rings. The molecule has 0 aliphatic carbocycles. The molecule has 0 spiro atoms. The molecule has 0 amide bonds. The number of thiol groups is 1. The largest absolute Gasteiger partial charge is 0.396 e. The van der Waals surface area contributed by atoms with E-state index < -0.39 is 0 Å². The molecule has 0 aliphatic heterocycles. The van der Waals surface area contributed by atoms with E-state index in [2.05, 4.69) is 24.8 Å². The van der Waals surface area contributed by atoms with E-state index in [0.717, 1.165) is 0 Å². The van der Waals surface area contributed by atoms with Gasteiger partial charge in [-0.3, -0.25) is 0 Å². The van der Waals surface area contributed by atoms with Gasteiger partial charge in [0.25, 0.3) is 0 Å². The minimum Gasteiger partial charge on any atom is -0.396 e. The number of thiocarbonyl (C=S) groups is 1. The van der Waals surface area contributed by atoms with Crippen LogP contribution in [0, 0.1) is 0 Å². The van der Waals surface area contributed by atoms with E-state index in [1.165, 1.54) is 0 Å². The van der Waals surface area contributed by atoms with E-state index in [4.69, 9.17) is 5.11 Å². The second kappa shape index (κ2) is 3.59. The summed E-state index contributed by atoms with van der Waals surface area (Å²) < 4.78 is 0.567. The molecule has 0 rings (SSSR count). The lowest BCUT2D eigenvalue weighted by Gasteiger charge is -1.83. The van der Waals surface area contributed by atoms with Gasteiger partial charge < -0.3 is 5.11 Å². The molecule has 0 saturated carbocycles. The van der Waals surface area contributed by atoms with Crippen molar-refractivity contribution in [2.24, 2.45) is 0 Å². The fourth-order valence-corrected chi connectivity index (χ4v) is 0.287. The molecule has 1 nitrogen and oxygen atoms in total. The lowest BCUT2D eigenvalue weighted by atomic mass is 10.5. The Morgan fingerprint density at radius 1 is 1.83 bits per heavy atom. The van der Waals surface area contributed by atoms with Crippen molar-refractivity contribution in [3.63, 3.8) is 0 Å². The van der Waals surface area contributed by atoms with Crippen LogP contribution in [-0.2, 0) is 0 Å². The van der Waals surface area contributed by atoms with E-state index in [0.29, 0.717) is 10.6 Å². The normalized spacial score (nSPS) is 8.33. The van der Waals surface area contributed by atoms with Crippen molar-refractivity contribution in [3.05, 3.63) is 0 Å². The third-order valence-corrected chi connectivity index (χ3v) is 0.753. The van der Waals surface area contributed by atoms with Crippen molar-refractivity contribution >= 4 is 29.0 Å². The topological polar surface area (TPSA) is 20.2 Å². The third-order valence-electron chi connectivity index (χ3n) is 0.326. The first kappa shape index (κ1) is 6.40. The van der Waals surface area contributed by atoms with Crippen molar-refractivity contribution in [2.75, 3.05) is 6.61 Å². The molecule has 6 heavy (non-hydrogen) atoms. The van der Waals surface area contributed by atoms with Crippen LogP contribution >= 0.6 is 24.8 Å². The van der Waals surface area contributed by atoms with Gasteiger partial charge in [0.1, 0.15) is 0 Å². The smallest absolute Gasteiger partial charge is 0.0484 e. The molecule has 0 aliphatic rings. The Labute approximate surface area is 47.8 Å². The van der Waals surface area contributed by atoms with Gasteiger partial charge in [0.15, 0.2) is 0 Å². The van der Waals surface area contributed by atoms with Crippen LogP contribution in [-0.4, -0.2) is 15.9 Å². The second-order valence-corrected chi connectivity index (χ2v) is 2.20. The quantitative estimate of drug-likeness (QED) is 0.414. The van der Waals surface area contributed by atoms with Crippen LogP contribution in [0.2, 0.25) is 0 Å². The molecular weight excluding hydrogens is 116 g/mol. The lowest BCUT2D eigenvalue weighted by molar-refractivity contribution is 0.308. The molecular formula is C3H6OS2. The summed E-state index contributed by atoms with van der Waals surface area (Å²) in [5, 5.41) is 8.10. The van der Waals surface area contributed by atoms with E-state index in [9.17, 15) is 0 Å². The molecule has 0 bridgehead atoms. The highest BCUT2D eigenvalue weighted by molar-refractivity contribution is 8.11. The summed E-state index contributed by atoms with van der Waals surface area (Å²) in [7, 11) is 0. The zero-order valence-corrected chi connectivity index (χ0v) is 4.93. The van der Waals surface area contributed by atoms with Crippen LogP contribution in [0.5, 0.6) is 0 Å². The predicted molar refractivity (Wildman–Crippen MR) is 33.3 cm³/mol. The molecule has 0 heterocycles. The molecule has 3 heteroatoms. The van der Waals surface area contributed by atoms with Crippen LogP contribution in [0.15, 0.2) is 0 Å². The van der Waals surface area contributed by atoms with Crippen molar-refractivity contribution in [1.29, 1.82) is 0 Å². The first-order chi connectivity index (χ1) is 2.77. The van der Waals surface area contributed by atoms with Crippen LogP contribution in [0.25, 0.3) is 0 Å². The lowest BCUT2D eigenvalue weighted by Crippen LogP contribution is -1.86. The first-order valence-corrected chi connectivity index (χ1v) is 2.45. The van der Waals surface area contributed by atoms with Crippen molar-refractivity contribution in [1.82, 2.24) is 0 Å². The summed E-state index contributed by atoms with van der Waals surface area (Å²) in [6, 6.07) is 0. The number of aliphatic hydroxyl groups is 1. The maximum Gasteiger partial charge on any atom is 0.0484 e. The number of hydrogen-bond donors (Lipinski definition) is 2. The Balaban J connectivity index is 2.83. The average molecular weight is 122 g/mol. The Morgan fingerprint density at radius 3 is 2.33 bits per heavy atom. The summed E-state index contributed by atoms with van der Waals surface area (Å²) in [5.41, 5.74) is 0. The molecule has 0 radical (unpaired) electrons. The first-order valence-electron chi connectivity index (χ1n) is 1.60. The average Bonchev–Trinajstić information content (AvgIpc) is 1.35. The van der Waals surface area contributed by atoms with Gasteiger partial charge in [-0.15, -0.1) is 12.6 Å². The van der Waals surface area contributed by atoms with Gasteiger partial charge in [0.2, 0.25) is 0 Å². The highest BCUT2D eigenvalue weighted by Gasteiger charge is 1.81. The Hall–Kier alpha value is 0.400. The van der Waals surface area contributed by atoms with Gasteiger partial charge in [-0.2, -0.15) is 0 Å². The second-order valence-electron chi connectivity index (χ2n) is 0.867. The highest BCUT2D eigenvalue weighted by atomic mass is 32.1. The summed E-state index contributed by atoms with van der Waals surface area (Å²) >= 11 is 8.25. The summed E-state index contributed by atoms with van der Waals surface area (Å²) in [6.07, 6.45) is 0.526. The summed E-state index contributed by atoms with van der Waals surface area (Å²) in [4.78, 5) is 0. The molecule has 0 aromatic carbocycles. The van der Waals surface area contributed by atoms with Gasteiger partial charge in [-0.25, -0.2) is 0 Å². The molecule has 0 aromatic heterocycles. The predicted octanol–water partition coefficient (Wildman–Crippen LogP) is 0.626. The molecule has 0 fully saturated rings. The van der Waals surface area contributed by atoms with Crippen LogP contribution < -0.4 is 0 Å². The van der Waals surface area contributed by atoms with E-state index in [-0.39, 0.29) is 6.61 Å². The number of hydrogen-bond acceptors (Lipinski definition) is 2. The van der Waals surface area contributed by atoms with Crippen molar-refractivity contribution < 1.29 is 5.11 Å². The van der Waals surface area contributed by atoms with Gasteiger partial charge >= 0.3 is 0 Å². The summed E-state index contributed by atoms with van der Waals surface area (Å²) in [5.74, 6) is 0.